The molecule has 0 radical (unpaired) electrons. The Bertz CT molecular complexity index is 218. The maximum absolute atomic E-state index is 11.8. The number of hydrogen-bond donors (Lipinski definition) is 2. The third-order valence-electron chi connectivity index (χ3n) is 2.80. The van der Waals surface area contributed by atoms with E-state index in [-0.39, 0.29) is 18.3 Å². The molecule has 0 aromatic heterocycles. The van der Waals surface area contributed by atoms with Gasteiger partial charge in [0.25, 0.3) is 0 Å². The van der Waals surface area contributed by atoms with E-state index in [0.29, 0.717) is 5.25 Å². The highest BCUT2D eigenvalue weighted by atomic mass is 35.5. The molecule has 3 N–H and O–H groups in total. The first-order valence-electron chi connectivity index (χ1n) is 5.75. The molecule has 3 nitrogen and oxygen atoms in total. The van der Waals surface area contributed by atoms with Gasteiger partial charge in [-0.05, 0) is 31.9 Å². The van der Waals surface area contributed by atoms with Crippen molar-refractivity contribution in [1.82, 2.24) is 5.32 Å². The molecule has 0 aromatic rings. The molecule has 0 aliphatic carbocycles. The number of thioether (sulfide) groups is 1. The zero-order chi connectivity index (χ0) is 11.3. The number of halogens is 1. The number of rotatable bonds is 5. The first kappa shape index (κ1) is 16.1. The van der Waals surface area contributed by atoms with E-state index in [2.05, 4.69) is 5.32 Å². The fourth-order valence-corrected chi connectivity index (χ4v) is 3.05. The van der Waals surface area contributed by atoms with Crippen molar-refractivity contribution >= 4 is 30.1 Å². The summed E-state index contributed by atoms with van der Waals surface area (Å²) in [6.07, 6.45) is 4.19. The SMILES string of the molecule is CCCC(C)(N)C(=O)NCC1CCCS1.Cl. The fraction of sp³-hybridized carbons (Fsp3) is 0.909. The number of carbonyl (C=O) groups is 1. The van der Waals surface area contributed by atoms with Crippen molar-refractivity contribution in [3.05, 3.63) is 0 Å². The Hall–Kier alpha value is 0.0700. The quantitative estimate of drug-likeness (QED) is 0.800. The van der Waals surface area contributed by atoms with Crippen LogP contribution in [0.1, 0.15) is 39.5 Å². The lowest BCUT2D eigenvalue weighted by molar-refractivity contribution is -0.126. The van der Waals surface area contributed by atoms with Crippen molar-refractivity contribution in [1.29, 1.82) is 0 Å². The van der Waals surface area contributed by atoms with Crippen LogP contribution in [-0.2, 0) is 4.79 Å². The predicted octanol–water partition coefficient (Wildman–Crippen LogP) is 1.94. The van der Waals surface area contributed by atoms with Gasteiger partial charge in [-0.15, -0.1) is 12.4 Å². The molecule has 0 spiro atoms. The normalized spacial score (nSPS) is 23.3. The van der Waals surface area contributed by atoms with Crippen molar-refractivity contribution < 1.29 is 4.79 Å². The summed E-state index contributed by atoms with van der Waals surface area (Å²) in [6.45, 7) is 4.64. The van der Waals surface area contributed by atoms with Gasteiger partial charge in [-0.1, -0.05) is 13.3 Å². The molecule has 1 amide bonds. The molecule has 96 valence electrons. The third-order valence-corrected chi connectivity index (χ3v) is 4.20. The largest absolute Gasteiger partial charge is 0.353 e. The number of nitrogens with two attached hydrogens (primary N) is 1. The number of hydrogen-bond acceptors (Lipinski definition) is 3. The summed E-state index contributed by atoms with van der Waals surface area (Å²) in [7, 11) is 0. The lowest BCUT2D eigenvalue weighted by Crippen LogP contribution is -2.52. The van der Waals surface area contributed by atoms with Crippen LogP contribution in [0.2, 0.25) is 0 Å². The van der Waals surface area contributed by atoms with Crippen LogP contribution in [0.4, 0.5) is 0 Å². The van der Waals surface area contributed by atoms with Crippen molar-refractivity contribution in [3.63, 3.8) is 0 Å². The minimum Gasteiger partial charge on any atom is -0.353 e. The summed E-state index contributed by atoms with van der Waals surface area (Å²) in [5, 5.41) is 3.57. The second-order valence-corrected chi connectivity index (χ2v) is 5.92. The van der Waals surface area contributed by atoms with E-state index < -0.39 is 5.54 Å². The molecule has 1 fully saturated rings. The Morgan fingerprint density at radius 3 is 2.81 bits per heavy atom. The lowest BCUT2D eigenvalue weighted by Gasteiger charge is -2.23. The summed E-state index contributed by atoms with van der Waals surface area (Å²) in [6, 6.07) is 0. The molecule has 2 unspecified atom stereocenters. The average molecular weight is 267 g/mol. The molecule has 1 aliphatic rings. The van der Waals surface area contributed by atoms with Crippen LogP contribution in [0.5, 0.6) is 0 Å². The van der Waals surface area contributed by atoms with Gasteiger partial charge in [0.1, 0.15) is 0 Å². The van der Waals surface area contributed by atoms with Gasteiger partial charge in [-0.25, -0.2) is 0 Å². The van der Waals surface area contributed by atoms with Gasteiger partial charge >= 0.3 is 0 Å². The fourth-order valence-electron chi connectivity index (χ4n) is 1.85. The smallest absolute Gasteiger partial charge is 0.239 e. The summed E-state index contributed by atoms with van der Waals surface area (Å²) in [5.74, 6) is 1.23. The lowest BCUT2D eigenvalue weighted by atomic mass is 9.96. The van der Waals surface area contributed by atoms with Gasteiger partial charge in [0, 0.05) is 11.8 Å². The van der Waals surface area contributed by atoms with Gasteiger partial charge < -0.3 is 11.1 Å². The highest BCUT2D eigenvalue weighted by molar-refractivity contribution is 8.00. The minimum atomic E-state index is -0.696. The molecule has 0 bridgehead atoms. The van der Waals surface area contributed by atoms with Crippen molar-refractivity contribution in [2.75, 3.05) is 12.3 Å². The highest BCUT2D eigenvalue weighted by Gasteiger charge is 2.27. The van der Waals surface area contributed by atoms with E-state index in [9.17, 15) is 4.79 Å². The molecule has 2 atom stereocenters. The van der Waals surface area contributed by atoms with Crippen LogP contribution in [0.25, 0.3) is 0 Å². The third kappa shape index (κ3) is 4.93. The van der Waals surface area contributed by atoms with E-state index in [1.165, 1.54) is 18.6 Å². The molecule has 1 aliphatic heterocycles. The van der Waals surface area contributed by atoms with Gasteiger partial charge in [0.2, 0.25) is 5.91 Å². The van der Waals surface area contributed by atoms with E-state index in [0.717, 1.165) is 19.4 Å². The van der Waals surface area contributed by atoms with E-state index in [1.807, 2.05) is 25.6 Å². The first-order valence-corrected chi connectivity index (χ1v) is 6.80. The molecule has 1 heterocycles. The second-order valence-electron chi connectivity index (χ2n) is 4.51. The Morgan fingerprint density at radius 2 is 2.31 bits per heavy atom. The molecular weight excluding hydrogens is 244 g/mol. The first-order chi connectivity index (χ1) is 7.06. The van der Waals surface area contributed by atoms with E-state index in [1.54, 1.807) is 0 Å². The zero-order valence-electron chi connectivity index (χ0n) is 10.1. The van der Waals surface area contributed by atoms with E-state index in [4.69, 9.17) is 5.73 Å². The molecule has 16 heavy (non-hydrogen) atoms. The van der Waals surface area contributed by atoms with Gasteiger partial charge in [0.05, 0.1) is 5.54 Å². The van der Waals surface area contributed by atoms with Gasteiger partial charge in [-0.2, -0.15) is 11.8 Å². The summed E-state index contributed by atoms with van der Waals surface area (Å²) in [4.78, 5) is 11.8. The molecule has 0 aromatic carbocycles. The maximum Gasteiger partial charge on any atom is 0.239 e. The predicted molar refractivity (Wildman–Crippen MR) is 73.2 cm³/mol. The van der Waals surface area contributed by atoms with E-state index >= 15 is 0 Å². The number of amides is 1. The van der Waals surface area contributed by atoms with Crippen molar-refractivity contribution in [3.8, 4) is 0 Å². The summed E-state index contributed by atoms with van der Waals surface area (Å²) < 4.78 is 0. The Labute approximate surface area is 109 Å². The molecule has 1 rings (SSSR count). The van der Waals surface area contributed by atoms with Crippen LogP contribution in [0.3, 0.4) is 0 Å². The Balaban J connectivity index is 0.00000225. The summed E-state index contributed by atoms with van der Waals surface area (Å²) in [5.41, 5.74) is 5.24. The van der Waals surface area contributed by atoms with Crippen LogP contribution in [0, 0.1) is 0 Å². The van der Waals surface area contributed by atoms with Gasteiger partial charge in [0.15, 0.2) is 0 Å². The number of nitrogens with one attached hydrogen (secondary N) is 1. The topological polar surface area (TPSA) is 55.1 Å². The number of carbonyl (C=O) groups excluding carboxylic acids is 1. The van der Waals surface area contributed by atoms with Gasteiger partial charge in [-0.3, -0.25) is 4.79 Å². The highest BCUT2D eigenvalue weighted by Crippen LogP contribution is 2.25. The van der Waals surface area contributed by atoms with Crippen molar-refractivity contribution in [2.24, 2.45) is 5.73 Å². The van der Waals surface area contributed by atoms with Crippen LogP contribution in [-0.4, -0.2) is 29.0 Å². The molecule has 5 heteroatoms. The standard InChI is InChI=1S/C11H22N2OS.ClH/c1-3-6-11(2,12)10(14)13-8-9-5-4-7-15-9;/h9H,3-8,12H2,1-2H3,(H,13,14);1H. The van der Waals surface area contributed by atoms with Crippen LogP contribution >= 0.6 is 24.2 Å². The second kappa shape index (κ2) is 7.41. The summed E-state index contributed by atoms with van der Waals surface area (Å²) >= 11 is 1.95. The van der Waals surface area contributed by atoms with Crippen LogP contribution in [0.15, 0.2) is 0 Å². The monoisotopic (exact) mass is 266 g/mol. The molecular formula is C11H23ClN2OS. The Kier molecular flexibility index (Phi) is 7.44. The van der Waals surface area contributed by atoms with Crippen LogP contribution < -0.4 is 11.1 Å². The van der Waals surface area contributed by atoms with Crippen molar-refractivity contribution in [2.45, 2.75) is 50.3 Å². The zero-order valence-corrected chi connectivity index (χ0v) is 11.8. The minimum absolute atomic E-state index is 0. The molecule has 1 saturated heterocycles. The maximum atomic E-state index is 11.8. The Morgan fingerprint density at radius 1 is 1.62 bits per heavy atom. The molecule has 0 saturated carbocycles. The average Bonchev–Trinajstić information content (AvgIpc) is 2.66.